The number of hydrogen-bond acceptors (Lipinski definition) is 7. The van der Waals surface area contributed by atoms with Gasteiger partial charge in [0.25, 0.3) is 5.91 Å². The Kier molecular flexibility index (Phi) is 10.7. The van der Waals surface area contributed by atoms with E-state index in [0.717, 1.165) is 0 Å². The minimum absolute atomic E-state index is 0.0153. The molecule has 2 atom stereocenters. The van der Waals surface area contributed by atoms with E-state index in [4.69, 9.17) is 42.8 Å². The lowest BCUT2D eigenvalue weighted by atomic mass is 9.81. The maximum absolute atomic E-state index is 14.4. The molecule has 5 rings (SSSR count). The van der Waals surface area contributed by atoms with Crippen LogP contribution in [0.4, 0.5) is 10.1 Å². The van der Waals surface area contributed by atoms with Gasteiger partial charge in [-0.15, -0.1) is 0 Å². The number of rotatable bonds is 13. The standard InChI is InChI=1S/C33H29Cl2FN6O4/c34-24-11-14-27(28(35)18-24)30-33(19-23-6-1-2-8-29(23)40-42-37,32(44)41-38-20-21-5-3-7-25(36)17-21)39-31(46-30)22-9-12-26(13-10-22)45-16-4-15-43/h1-3,5-14,17-18,30,38,43H,4,15-16,19-20H2,(H,41,44)/t30-,33-/m0/s1. The number of aliphatic imine (C=N–C) groups is 1. The van der Waals surface area contributed by atoms with E-state index in [-0.39, 0.29) is 30.5 Å². The van der Waals surface area contributed by atoms with Crippen molar-refractivity contribution < 1.29 is 23.8 Å². The molecule has 0 saturated heterocycles. The normalized spacial score (nSPS) is 17.0. The van der Waals surface area contributed by atoms with Crippen molar-refractivity contribution in [1.82, 2.24) is 10.9 Å². The summed E-state index contributed by atoms with van der Waals surface area (Å²) in [6, 6.07) is 24.7. The number of aliphatic hydroxyl groups is 1. The largest absolute Gasteiger partial charge is 0.494 e. The molecular weight excluding hydrogens is 634 g/mol. The molecule has 0 bridgehead atoms. The fraction of sp³-hybridized carbons (Fsp3) is 0.212. The summed E-state index contributed by atoms with van der Waals surface area (Å²) in [6.45, 7) is 0.485. The molecule has 1 aliphatic heterocycles. The summed E-state index contributed by atoms with van der Waals surface area (Å²) < 4.78 is 25.9. The van der Waals surface area contributed by atoms with Crippen LogP contribution in [0.1, 0.15) is 34.8 Å². The van der Waals surface area contributed by atoms with Gasteiger partial charge in [-0.05, 0) is 65.2 Å². The number of aliphatic hydroxyl groups excluding tert-OH is 1. The molecule has 236 valence electrons. The molecule has 46 heavy (non-hydrogen) atoms. The van der Waals surface area contributed by atoms with Crippen molar-refractivity contribution in [3.63, 3.8) is 0 Å². The number of carbonyl (C=O) groups excluding carboxylic acids is 1. The van der Waals surface area contributed by atoms with E-state index < -0.39 is 23.4 Å². The highest BCUT2D eigenvalue weighted by atomic mass is 35.5. The number of benzene rings is 4. The minimum Gasteiger partial charge on any atom is -0.494 e. The average molecular weight is 664 g/mol. The minimum atomic E-state index is -1.68. The first-order valence-electron chi connectivity index (χ1n) is 14.3. The number of amides is 1. The van der Waals surface area contributed by atoms with E-state index in [2.05, 4.69) is 20.9 Å². The van der Waals surface area contributed by atoms with Gasteiger partial charge < -0.3 is 14.6 Å². The van der Waals surface area contributed by atoms with Crippen molar-refractivity contribution in [2.75, 3.05) is 13.2 Å². The second kappa shape index (κ2) is 15.1. The Balaban J connectivity index is 1.58. The zero-order valence-electron chi connectivity index (χ0n) is 24.4. The number of hydrazine groups is 1. The third kappa shape index (κ3) is 7.59. The molecule has 0 radical (unpaired) electrons. The Morgan fingerprint density at radius 3 is 2.63 bits per heavy atom. The predicted molar refractivity (Wildman–Crippen MR) is 174 cm³/mol. The molecule has 1 aliphatic rings. The second-order valence-electron chi connectivity index (χ2n) is 10.4. The third-order valence-corrected chi connectivity index (χ3v) is 7.82. The molecule has 1 amide bonds. The van der Waals surface area contributed by atoms with Crippen molar-refractivity contribution >= 4 is 40.7 Å². The zero-order chi connectivity index (χ0) is 32.5. The molecule has 0 unspecified atom stereocenters. The number of carbonyl (C=O) groups is 1. The third-order valence-electron chi connectivity index (χ3n) is 7.26. The molecule has 3 N–H and O–H groups in total. The summed E-state index contributed by atoms with van der Waals surface area (Å²) in [6.07, 6.45) is -0.614. The van der Waals surface area contributed by atoms with E-state index >= 15 is 0 Å². The van der Waals surface area contributed by atoms with E-state index in [1.807, 2.05) is 0 Å². The maximum Gasteiger partial charge on any atom is 0.266 e. The van der Waals surface area contributed by atoms with Gasteiger partial charge >= 0.3 is 0 Å². The molecule has 1 heterocycles. The Labute approximate surface area is 274 Å². The van der Waals surface area contributed by atoms with E-state index in [9.17, 15) is 14.7 Å². The smallest absolute Gasteiger partial charge is 0.266 e. The topological polar surface area (TPSA) is 141 Å². The molecule has 4 aromatic rings. The van der Waals surface area contributed by atoms with E-state index in [0.29, 0.717) is 51.7 Å². The van der Waals surface area contributed by atoms with Crippen LogP contribution in [0.2, 0.25) is 10.0 Å². The van der Waals surface area contributed by atoms with Crippen LogP contribution in [0.5, 0.6) is 5.75 Å². The Morgan fingerprint density at radius 1 is 1.09 bits per heavy atom. The lowest BCUT2D eigenvalue weighted by Gasteiger charge is -2.31. The molecule has 10 nitrogen and oxygen atoms in total. The SMILES string of the molecule is [N-]=[N+]=Nc1ccccc1C[C@]1(C(=O)NNCc2cccc(F)c2)N=C(c2ccc(OCCCO)cc2)O[C@H]1c1ccc(Cl)cc1Cl. The van der Waals surface area contributed by atoms with Crippen molar-refractivity contribution in [2.45, 2.75) is 31.0 Å². The first-order chi connectivity index (χ1) is 22.3. The fourth-order valence-electron chi connectivity index (χ4n) is 5.05. The van der Waals surface area contributed by atoms with Crippen LogP contribution in [0.15, 0.2) is 101 Å². The van der Waals surface area contributed by atoms with Crippen molar-refractivity contribution in [3.8, 4) is 5.75 Å². The van der Waals surface area contributed by atoms with E-state index in [1.54, 1.807) is 78.9 Å². The summed E-state index contributed by atoms with van der Waals surface area (Å²) in [4.78, 5) is 22.3. The number of nitrogens with one attached hydrogen (secondary N) is 2. The number of hydrogen-bond donors (Lipinski definition) is 3. The van der Waals surface area contributed by atoms with Gasteiger partial charge in [0.15, 0.2) is 11.6 Å². The number of nitrogens with zero attached hydrogens (tertiary/aromatic N) is 4. The van der Waals surface area contributed by atoms with Gasteiger partial charge in [0.05, 0.1) is 6.61 Å². The molecular formula is C33H29Cl2FN6O4. The molecule has 0 aromatic heterocycles. The van der Waals surface area contributed by atoms with Crippen molar-refractivity contribution in [3.05, 3.63) is 140 Å². The van der Waals surface area contributed by atoms with Gasteiger partial charge in [0, 0.05) is 57.8 Å². The van der Waals surface area contributed by atoms with Crippen molar-refractivity contribution in [2.24, 2.45) is 10.1 Å². The van der Waals surface area contributed by atoms with Crippen LogP contribution >= 0.6 is 23.2 Å². The van der Waals surface area contributed by atoms with Crippen LogP contribution in [0.3, 0.4) is 0 Å². The van der Waals surface area contributed by atoms with Crippen LogP contribution in [0.25, 0.3) is 10.4 Å². The summed E-state index contributed by atoms with van der Waals surface area (Å²) in [7, 11) is 0. The summed E-state index contributed by atoms with van der Waals surface area (Å²) in [5.74, 6) is -0.228. The van der Waals surface area contributed by atoms with Gasteiger partial charge in [0.1, 0.15) is 11.6 Å². The highest BCUT2D eigenvalue weighted by molar-refractivity contribution is 6.35. The van der Waals surface area contributed by atoms with Crippen LogP contribution < -0.4 is 15.6 Å². The summed E-state index contributed by atoms with van der Waals surface area (Å²) in [5.41, 5.74) is 15.6. The quantitative estimate of drug-likeness (QED) is 0.0458. The van der Waals surface area contributed by atoms with Gasteiger partial charge in [-0.1, -0.05) is 70.8 Å². The lowest BCUT2D eigenvalue weighted by Crippen LogP contribution is -2.53. The Bertz CT molecular complexity index is 1780. The second-order valence-corrected chi connectivity index (χ2v) is 11.2. The lowest BCUT2D eigenvalue weighted by molar-refractivity contribution is -0.130. The number of ether oxygens (including phenoxy) is 2. The van der Waals surface area contributed by atoms with Gasteiger partial charge in [0.2, 0.25) is 5.90 Å². The van der Waals surface area contributed by atoms with Gasteiger partial charge in [-0.25, -0.2) is 14.8 Å². The molecule has 0 aliphatic carbocycles. The molecule has 0 spiro atoms. The van der Waals surface area contributed by atoms with Crippen molar-refractivity contribution in [1.29, 1.82) is 0 Å². The van der Waals surface area contributed by atoms with Crippen LogP contribution in [0, 0.1) is 5.82 Å². The Morgan fingerprint density at radius 2 is 1.89 bits per heavy atom. The van der Waals surface area contributed by atoms with Crippen LogP contribution in [-0.2, 0) is 22.5 Å². The van der Waals surface area contributed by atoms with Crippen LogP contribution in [-0.4, -0.2) is 35.7 Å². The molecule has 13 heteroatoms. The van der Waals surface area contributed by atoms with E-state index in [1.165, 1.54) is 12.1 Å². The highest BCUT2D eigenvalue weighted by Gasteiger charge is 2.54. The Hall–Kier alpha value is -4.64. The maximum atomic E-state index is 14.4. The summed E-state index contributed by atoms with van der Waals surface area (Å²) in [5, 5.41) is 13.5. The molecule has 0 saturated carbocycles. The van der Waals surface area contributed by atoms with Gasteiger partial charge in [-0.3, -0.25) is 10.2 Å². The molecule has 0 fully saturated rings. The van der Waals surface area contributed by atoms with Gasteiger partial charge in [-0.2, -0.15) is 0 Å². The first kappa shape index (κ1) is 32.7. The number of halogens is 3. The monoisotopic (exact) mass is 662 g/mol. The average Bonchev–Trinajstić information content (AvgIpc) is 3.42. The first-order valence-corrected chi connectivity index (χ1v) is 15.0. The zero-order valence-corrected chi connectivity index (χ0v) is 25.9. The highest BCUT2D eigenvalue weighted by Crippen LogP contribution is 2.46. The number of azide groups is 1. The predicted octanol–water partition coefficient (Wildman–Crippen LogP) is 7.16. The summed E-state index contributed by atoms with van der Waals surface area (Å²) >= 11 is 12.9. The fourth-order valence-corrected chi connectivity index (χ4v) is 5.56. The molecule has 4 aromatic carbocycles.